The summed E-state index contributed by atoms with van der Waals surface area (Å²) in [4.78, 5) is 16.0. The highest BCUT2D eigenvalue weighted by atomic mass is 32.1. The van der Waals surface area contributed by atoms with E-state index in [4.69, 9.17) is 4.74 Å². The van der Waals surface area contributed by atoms with Crippen LogP contribution < -0.4 is 10.2 Å². The summed E-state index contributed by atoms with van der Waals surface area (Å²) >= 11 is 1.29. The molecule has 1 saturated heterocycles. The molecule has 142 valence electrons. The van der Waals surface area contributed by atoms with Gasteiger partial charge in [-0.1, -0.05) is 0 Å². The minimum atomic E-state index is -2.82. The zero-order valence-corrected chi connectivity index (χ0v) is 15.2. The van der Waals surface area contributed by atoms with E-state index in [1.807, 2.05) is 0 Å². The zero-order valence-electron chi connectivity index (χ0n) is 14.4. The number of ether oxygens (including phenoxy) is 1. The zero-order chi connectivity index (χ0) is 18.3. The first kappa shape index (κ1) is 16.0. The molecule has 2 N–H and O–H groups in total. The summed E-state index contributed by atoms with van der Waals surface area (Å²) in [5, 5.41) is 9.80. The summed E-state index contributed by atoms with van der Waals surface area (Å²) in [5.74, 6) is -1.71. The molecular weight excluding hydrogens is 374 g/mol. The van der Waals surface area contributed by atoms with Gasteiger partial charge in [-0.15, -0.1) is 11.3 Å². The van der Waals surface area contributed by atoms with Gasteiger partial charge < -0.3 is 15.0 Å². The molecule has 1 saturated carbocycles. The Morgan fingerprint density at radius 1 is 1.30 bits per heavy atom. The summed E-state index contributed by atoms with van der Waals surface area (Å²) in [6.45, 7) is 1.53. The molecule has 1 amide bonds. The first-order chi connectivity index (χ1) is 13.0. The Kier molecular flexibility index (Phi) is 3.13. The third-order valence-electron chi connectivity index (χ3n) is 6.34. The van der Waals surface area contributed by atoms with Gasteiger partial charge >= 0.3 is 0 Å². The van der Waals surface area contributed by atoms with Gasteiger partial charge in [0.25, 0.3) is 11.8 Å². The molecule has 0 radical (unpaired) electrons. The molecule has 2 aromatic heterocycles. The second-order valence-electron chi connectivity index (χ2n) is 8.01. The van der Waals surface area contributed by atoms with Gasteiger partial charge in [0.15, 0.2) is 0 Å². The number of carbonyl (C=O) groups is 1. The Balaban J connectivity index is 1.43. The summed E-state index contributed by atoms with van der Waals surface area (Å²) in [7, 11) is 0. The van der Waals surface area contributed by atoms with E-state index in [-0.39, 0.29) is 24.9 Å². The molecule has 1 aliphatic carbocycles. The molecule has 2 fully saturated rings. The largest absolute Gasteiger partial charge is 0.381 e. The number of rotatable bonds is 2. The minimum Gasteiger partial charge on any atom is -0.381 e. The van der Waals surface area contributed by atoms with Crippen LogP contribution in [0.4, 0.5) is 14.5 Å². The van der Waals surface area contributed by atoms with Crippen molar-refractivity contribution in [3.63, 3.8) is 0 Å². The van der Waals surface area contributed by atoms with Gasteiger partial charge in [0.2, 0.25) is 0 Å². The number of H-pyrrole nitrogens is 1. The van der Waals surface area contributed by atoms with Gasteiger partial charge in [-0.2, -0.15) is 5.10 Å². The van der Waals surface area contributed by atoms with Crippen molar-refractivity contribution in [1.82, 2.24) is 15.5 Å². The molecule has 4 aliphatic rings. The molecule has 9 heteroatoms. The number of fused-ring (bicyclic) bond motifs is 1. The summed E-state index contributed by atoms with van der Waals surface area (Å²) < 4.78 is 34.6. The normalized spacial score (nSPS) is 33.3. The van der Waals surface area contributed by atoms with Crippen LogP contribution in [0.1, 0.15) is 15.2 Å². The van der Waals surface area contributed by atoms with E-state index in [2.05, 4.69) is 15.5 Å². The average Bonchev–Trinajstić information content (AvgIpc) is 3.07. The number of anilines is 1. The molecular formula is C18H18F2N4O2S. The molecule has 3 aliphatic heterocycles. The number of nitrogens with zero attached hydrogens (tertiary/aromatic N) is 2. The van der Waals surface area contributed by atoms with Crippen LogP contribution in [0.15, 0.2) is 12.4 Å². The van der Waals surface area contributed by atoms with E-state index < -0.39 is 5.92 Å². The molecule has 0 bridgehead atoms. The average molecular weight is 392 g/mol. The number of alkyl halides is 2. The van der Waals surface area contributed by atoms with E-state index in [0.717, 1.165) is 18.8 Å². The molecule has 4 atom stereocenters. The third kappa shape index (κ3) is 2.30. The van der Waals surface area contributed by atoms with E-state index >= 15 is 0 Å². The van der Waals surface area contributed by atoms with Crippen molar-refractivity contribution in [2.45, 2.75) is 18.4 Å². The highest BCUT2D eigenvalue weighted by Gasteiger charge is 2.59. The molecule has 1 unspecified atom stereocenters. The first-order valence-electron chi connectivity index (χ1n) is 9.18. The van der Waals surface area contributed by atoms with Gasteiger partial charge in [-0.25, -0.2) is 8.78 Å². The maximum absolute atomic E-state index is 14.6. The molecule has 6 nitrogen and oxygen atoms in total. The van der Waals surface area contributed by atoms with Crippen molar-refractivity contribution in [1.29, 1.82) is 0 Å². The fourth-order valence-corrected chi connectivity index (χ4v) is 6.39. The van der Waals surface area contributed by atoms with Crippen molar-refractivity contribution >= 4 is 22.9 Å². The lowest BCUT2D eigenvalue weighted by atomic mass is 9.97. The van der Waals surface area contributed by atoms with E-state index in [1.165, 1.54) is 11.3 Å². The predicted molar refractivity (Wildman–Crippen MR) is 95.3 cm³/mol. The smallest absolute Gasteiger partial charge is 0.269 e. The number of hydrogen-bond acceptors (Lipinski definition) is 5. The fraction of sp³-hybridized carbons (Fsp3) is 0.556. The lowest BCUT2D eigenvalue weighted by molar-refractivity contribution is 0.00523. The van der Waals surface area contributed by atoms with Crippen LogP contribution in [0.3, 0.4) is 0 Å². The number of aromatic nitrogens is 2. The standard InChI is InChI=1S/C18H18F2N4O2S/c19-18(20)1-9-14-16(27-15(9)8-2-21-22-3-8)17(25)23-12(4-24(14)7-18)13-10-5-26-6-11(10)13/h2-3,10-13H,1,4-7H2,(H,21,22)(H,23,25)/t10-,11+,12?,13-. The van der Waals surface area contributed by atoms with Gasteiger partial charge in [0.1, 0.15) is 4.88 Å². The number of nitrogens with one attached hydrogen (secondary N) is 2. The van der Waals surface area contributed by atoms with Crippen LogP contribution in [0.25, 0.3) is 10.4 Å². The number of hydrogen-bond donors (Lipinski definition) is 2. The predicted octanol–water partition coefficient (Wildman–Crippen LogP) is 2.14. The Morgan fingerprint density at radius 3 is 2.85 bits per heavy atom. The van der Waals surface area contributed by atoms with Crippen molar-refractivity contribution in [3.8, 4) is 10.4 Å². The molecule has 27 heavy (non-hydrogen) atoms. The van der Waals surface area contributed by atoms with E-state index in [1.54, 1.807) is 17.3 Å². The topological polar surface area (TPSA) is 70.2 Å². The SMILES string of the molecule is O=C1NC([C@@H]2[C@@H]3COC[C@@H]32)CN2CC(F)(F)Cc3c(-c4cn[nH]c4)sc1c32. The van der Waals surface area contributed by atoms with Gasteiger partial charge in [0.05, 0.1) is 37.7 Å². The summed E-state index contributed by atoms with van der Waals surface area (Å²) in [6, 6.07) is -0.102. The number of aromatic amines is 1. The van der Waals surface area contributed by atoms with Crippen molar-refractivity contribution < 1.29 is 18.3 Å². The Labute approximate surface area is 157 Å². The van der Waals surface area contributed by atoms with Crippen molar-refractivity contribution in [3.05, 3.63) is 22.8 Å². The van der Waals surface area contributed by atoms with Crippen LogP contribution >= 0.6 is 11.3 Å². The second-order valence-corrected chi connectivity index (χ2v) is 9.03. The first-order valence-corrected chi connectivity index (χ1v) is 10.00. The number of halogens is 2. The van der Waals surface area contributed by atoms with Gasteiger partial charge in [-0.3, -0.25) is 9.89 Å². The van der Waals surface area contributed by atoms with Crippen molar-refractivity contribution in [2.24, 2.45) is 17.8 Å². The Bertz CT molecular complexity index is 918. The number of carbonyl (C=O) groups excluding carboxylic acids is 1. The molecule has 0 spiro atoms. The maximum atomic E-state index is 14.6. The number of thiophene rings is 1. The maximum Gasteiger partial charge on any atom is 0.269 e. The lowest BCUT2D eigenvalue weighted by Crippen LogP contribution is -2.49. The molecule has 6 rings (SSSR count). The van der Waals surface area contributed by atoms with Crippen LogP contribution in [-0.2, 0) is 11.2 Å². The molecule has 5 heterocycles. The quantitative estimate of drug-likeness (QED) is 0.822. The van der Waals surface area contributed by atoms with Crippen molar-refractivity contribution in [2.75, 3.05) is 31.2 Å². The second kappa shape index (κ2) is 5.29. The summed E-state index contributed by atoms with van der Waals surface area (Å²) in [6.07, 6.45) is 2.96. The Morgan fingerprint density at radius 2 is 2.11 bits per heavy atom. The van der Waals surface area contributed by atoms with Crippen LogP contribution in [0.2, 0.25) is 0 Å². The highest BCUT2D eigenvalue weighted by Crippen LogP contribution is 2.54. The lowest BCUT2D eigenvalue weighted by Gasteiger charge is -2.36. The van der Waals surface area contributed by atoms with Gasteiger partial charge in [0, 0.05) is 35.2 Å². The Hall–Kier alpha value is -2.00. The van der Waals surface area contributed by atoms with E-state index in [0.29, 0.717) is 45.3 Å². The number of amides is 1. The van der Waals surface area contributed by atoms with Crippen LogP contribution in [0.5, 0.6) is 0 Å². The van der Waals surface area contributed by atoms with E-state index in [9.17, 15) is 13.6 Å². The molecule has 2 aromatic rings. The van der Waals surface area contributed by atoms with Crippen LogP contribution in [-0.4, -0.2) is 54.4 Å². The van der Waals surface area contributed by atoms with Gasteiger partial charge in [-0.05, 0) is 17.8 Å². The van der Waals surface area contributed by atoms with Crippen LogP contribution in [0, 0.1) is 17.8 Å². The summed E-state index contributed by atoms with van der Waals surface area (Å²) in [5.41, 5.74) is 2.02. The third-order valence-corrected chi connectivity index (χ3v) is 7.61. The molecule has 0 aromatic carbocycles. The highest BCUT2D eigenvalue weighted by molar-refractivity contribution is 7.18. The monoisotopic (exact) mass is 392 g/mol. The fourth-order valence-electron chi connectivity index (χ4n) is 5.16. The minimum absolute atomic E-state index is 0.102.